The third-order valence-electron chi connectivity index (χ3n) is 3.96. The summed E-state index contributed by atoms with van der Waals surface area (Å²) in [5.41, 5.74) is 1.45. The summed E-state index contributed by atoms with van der Waals surface area (Å²) >= 11 is 0. The van der Waals surface area contributed by atoms with Crippen molar-refractivity contribution in [1.29, 1.82) is 0 Å². The van der Waals surface area contributed by atoms with Crippen molar-refractivity contribution in [2.75, 3.05) is 6.54 Å². The minimum Gasteiger partial charge on any atom is -0.352 e. The minimum absolute atomic E-state index is 0.191. The number of benzene rings is 2. The molecule has 2 aromatic carbocycles. The van der Waals surface area contributed by atoms with E-state index in [-0.39, 0.29) is 23.5 Å². The van der Waals surface area contributed by atoms with Crippen LogP contribution in [0.1, 0.15) is 22.3 Å². The summed E-state index contributed by atoms with van der Waals surface area (Å²) in [4.78, 5) is 28.2. The van der Waals surface area contributed by atoms with Crippen LogP contribution in [0.15, 0.2) is 47.5 Å². The van der Waals surface area contributed by atoms with Crippen molar-refractivity contribution in [2.45, 2.75) is 13.3 Å². The van der Waals surface area contributed by atoms with E-state index in [1.165, 1.54) is 24.3 Å². The average Bonchev–Trinajstić information content (AvgIpc) is 2.56. The molecule has 122 valence electrons. The van der Waals surface area contributed by atoms with Crippen molar-refractivity contribution in [3.05, 3.63) is 70.0 Å². The van der Waals surface area contributed by atoms with Crippen LogP contribution in [0.4, 0.5) is 4.39 Å². The van der Waals surface area contributed by atoms with Gasteiger partial charge in [0, 0.05) is 12.1 Å². The van der Waals surface area contributed by atoms with Gasteiger partial charge in [-0.1, -0.05) is 18.2 Å². The van der Waals surface area contributed by atoms with Gasteiger partial charge in [-0.05, 0) is 54.5 Å². The van der Waals surface area contributed by atoms with E-state index in [1.54, 1.807) is 0 Å². The summed E-state index contributed by atoms with van der Waals surface area (Å²) in [5, 5.41) is 4.38. The zero-order chi connectivity index (χ0) is 17.1. The molecule has 1 aliphatic rings. The molecule has 0 aliphatic carbocycles. The topological polar surface area (TPSA) is 58.5 Å². The van der Waals surface area contributed by atoms with Gasteiger partial charge in [-0.25, -0.2) is 9.38 Å². The Balaban J connectivity index is 1.63. The Hall–Kier alpha value is -2.82. The van der Waals surface area contributed by atoms with Crippen LogP contribution in [0.5, 0.6) is 0 Å². The molecule has 24 heavy (non-hydrogen) atoms. The molecule has 1 N–H and O–H groups in total. The number of fused-ring (bicyclic) bond motifs is 1. The van der Waals surface area contributed by atoms with E-state index >= 15 is 0 Å². The van der Waals surface area contributed by atoms with Gasteiger partial charge in [-0.2, -0.15) is 0 Å². The van der Waals surface area contributed by atoms with Gasteiger partial charge in [-0.15, -0.1) is 0 Å². The highest BCUT2D eigenvalue weighted by Gasteiger charge is 2.18. The molecular formula is C19H17FN2O2. The molecule has 3 rings (SSSR count). The van der Waals surface area contributed by atoms with Crippen LogP contribution in [-0.4, -0.2) is 18.4 Å². The van der Waals surface area contributed by atoms with Crippen LogP contribution in [0.3, 0.4) is 0 Å². The van der Waals surface area contributed by atoms with Crippen molar-refractivity contribution in [1.82, 2.24) is 5.32 Å². The summed E-state index contributed by atoms with van der Waals surface area (Å²) in [6.45, 7) is 2.30. The molecule has 0 fully saturated rings. The van der Waals surface area contributed by atoms with Crippen LogP contribution < -0.4 is 15.9 Å². The Kier molecular flexibility index (Phi) is 4.51. The van der Waals surface area contributed by atoms with Crippen molar-refractivity contribution in [2.24, 2.45) is 10.9 Å². The van der Waals surface area contributed by atoms with Crippen molar-refractivity contribution in [3.63, 3.8) is 0 Å². The lowest BCUT2D eigenvalue weighted by Crippen LogP contribution is -2.35. The van der Waals surface area contributed by atoms with Crippen molar-refractivity contribution < 1.29 is 14.0 Å². The Bertz CT molecular complexity index is 904. The maximum atomic E-state index is 12.9. The Morgan fingerprint density at radius 2 is 1.96 bits per heavy atom. The highest BCUT2D eigenvalue weighted by atomic mass is 19.1. The second-order valence-electron chi connectivity index (χ2n) is 5.84. The number of nitrogens with zero attached hydrogens (tertiary/aromatic N) is 1. The zero-order valence-electron chi connectivity index (χ0n) is 13.3. The molecule has 2 amide bonds. The maximum Gasteiger partial charge on any atom is 0.253 e. The van der Waals surface area contributed by atoms with Gasteiger partial charge in [-0.3, -0.25) is 9.59 Å². The Morgan fingerprint density at radius 3 is 2.71 bits per heavy atom. The first kappa shape index (κ1) is 16.1. The summed E-state index contributed by atoms with van der Waals surface area (Å²) < 4.78 is 12.9. The fraction of sp³-hybridized carbons (Fsp3) is 0.211. The number of aryl methyl sites for hydroxylation is 1. The normalized spacial score (nSPS) is 15.9. The van der Waals surface area contributed by atoms with E-state index in [1.807, 2.05) is 31.2 Å². The van der Waals surface area contributed by atoms with Gasteiger partial charge in [0.25, 0.3) is 11.8 Å². The quantitative estimate of drug-likeness (QED) is 0.927. The Labute approximate surface area is 138 Å². The number of amides is 2. The summed E-state index contributed by atoms with van der Waals surface area (Å²) in [7, 11) is 0. The molecule has 0 saturated carbocycles. The molecule has 5 heteroatoms. The first-order valence-corrected chi connectivity index (χ1v) is 7.78. The van der Waals surface area contributed by atoms with Gasteiger partial charge in [0.2, 0.25) is 0 Å². The maximum absolute atomic E-state index is 12.9. The summed E-state index contributed by atoms with van der Waals surface area (Å²) in [6, 6.07) is 11.2. The molecule has 0 bridgehead atoms. The molecule has 1 heterocycles. The van der Waals surface area contributed by atoms with E-state index in [9.17, 15) is 14.0 Å². The predicted molar refractivity (Wildman–Crippen MR) is 88.3 cm³/mol. The first-order valence-electron chi connectivity index (χ1n) is 7.78. The number of hydrogen-bond acceptors (Lipinski definition) is 2. The van der Waals surface area contributed by atoms with Crippen LogP contribution >= 0.6 is 0 Å². The smallest absolute Gasteiger partial charge is 0.253 e. The molecule has 2 aromatic rings. The number of nitrogens with one attached hydrogen (secondary N) is 1. The molecule has 0 radical (unpaired) electrons. The predicted octanol–water partition coefficient (Wildman–Crippen LogP) is 1.51. The van der Waals surface area contributed by atoms with E-state index in [4.69, 9.17) is 0 Å². The number of carbonyl (C=O) groups is 2. The molecule has 4 nitrogen and oxygen atoms in total. The lowest BCUT2D eigenvalue weighted by atomic mass is 9.99. The molecule has 1 aliphatic heterocycles. The second kappa shape index (κ2) is 6.74. The van der Waals surface area contributed by atoms with Gasteiger partial charge < -0.3 is 5.32 Å². The van der Waals surface area contributed by atoms with Crippen LogP contribution in [0, 0.1) is 18.7 Å². The number of carbonyl (C=O) groups excluding carboxylic acids is 2. The SMILES string of the molecule is Cc1ccc2c(c1)=NC(=O)C(CCNC(=O)c1ccc(F)cc1)C=2. The lowest BCUT2D eigenvalue weighted by molar-refractivity contribution is -0.120. The summed E-state index contributed by atoms with van der Waals surface area (Å²) in [5.74, 6) is -1.20. The van der Waals surface area contributed by atoms with Crippen LogP contribution in [0.2, 0.25) is 0 Å². The van der Waals surface area contributed by atoms with Crippen LogP contribution in [0.25, 0.3) is 6.08 Å². The highest BCUT2D eigenvalue weighted by molar-refractivity contribution is 5.94. The second-order valence-corrected chi connectivity index (χ2v) is 5.84. The number of rotatable bonds is 4. The van der Waals surface area contributed by atoms with E-state index in [0.29, 0.717) is 23.9 Å². The van der Waals surface area contributed by atoms with Gasteiger partial charge in [0.15, 0.2) is 0 Å². The number of hydrogen-bond donors (Lipinski definition) is 1. The van der Waals surface area contributed by atoms with E-state index < -0.39 is 0 Å². The molecular weight excluding hydrogens is 307 g/mol. The summed E-state index contributed by atoms with van der Waals surface area (Å²) in [6.07, 6.45) is 2.37. The van der Waals surface area contributed by atoms with Gasteiger partial charge in [0.05, 0.1) is 11.3 Å². The first-order chi connectivity index (χ1) is 11.5. The highest BCUT2D eigenvalue weighted by Crippen LogP contribution is 2.09. The molecule has 0 spiro atoms. The third-order valence-corrected chi connectivity index (χ3v) is 3.96. The molecule has 1 atom stereocenters. The zero-order valence-corrected chi connectivity index (χ0v) is 13.3. The average molecular weight is 324 g/mol. The third kappa shape index (κ3) is 3.56. The standard InChI is InChI=1S/C19H17FN2O2/c1-12-2-3-14-11-15(19(24)22-17(14)10-12)8-9-21-18(23)13-4-6-16(20)7-5-13/h2-7,10-11,15H,8-9H2,1H3,(H,21,23). The molecule has 1 unspecified atom stereocenters. The molecule has 0 aromatic heterocycles. The molecule has 0 saturated heterocycles. The van der Waals surface area contributed by atoms with Crippen molar-refractivity contribution in [3.8, 4) is 0 Å². The van der Waals surface area contributed by atoms with Crippen LogP contribution in [-0.2, 0) is 4.79 Å². The Morgan fingerprint density at radius 1 is 1.21 bits per heavy atom. The fourth-order valence-corrected chi connectivity index (χ4v) is 2.63. The van der Waals surface area contributed by atoms with Gasteiger partial charge >= 0.3 is 0 Å². The van der Waals surface area contributed by atoms with Gasteiger partial charge in [0.1, 0.15) is 5.82 Å². The lowest BCUT2D eigenvalue weighted by Gasteiger charge is -2.13. The monoisotopic (exact) mass is 324 g/mol. The minimum atomic E-state index is -0.385. The van der Waals surface area contributed by atoms with Crippen molar-refractivity contribution >= 4 is 17.9 Å². The largest absolute Gasteiger partial charge is 0.352 e. The number of halogens is 1. The van der Waals surface area contributed by atoms with E-state index in [0.717, 1.165) is 10.8 Å². The van der Waals surface area contributed by atoms with E-state index in [2.05, 4.69) is 10.3 Å². The fourth-order valence-electron chi connectivity index (χ4n) is 2.63.